The number of ketones is 1. The van der Waals surface area contributed by atoms with Gasteiger partial charge in [0, 0.05) is 19.3 Å². The van der Waals surface area contributed by atoms with Crippen molar-refractivity contribution in [3.05, 3.63) is 46.8 Å². The summed E-state index contributed by atoms with van der Waals surface area (Å²) in [7, 11) is 0. The molecule has 0 amide bonds. The maximum absolute atomic E-state index is 11.9. The zero-order valence-electron chi connectivity index (χ0n) is 19.1. The van der Waals surface area contributed by atoms with Crippen LogP contribution >= 0.6 is 0 Å². The van der Waals surface area contributed by atoms with Gasteiger partial charge in [-0.25, -0.2) is 0 Å². The predicted molar refractivity (Wildman–Crippen MR) is 117 cm³/mol. The molecule has 0 aromatic rings. The predicted octanol–water partition coefficient (Wildman–Crippen LogP) is 4.84. The molecule has 31 heavy (non-hydrogen) atoms. The highest BCUT2D eigenvalue weighted by molar-refractivity contribution is 6.01. The van der Waals surface area contributed by atoms with E-state index in [0.29, 0.717) is 17.6 Å². The summed E-state index contributed by atoms with van der Waals surface area (Å²) in [6.45, 7) is 9.44. The van der Waals surface area contributed by atoms with Crippen molar-refractivity contribution in [1.29, 1.82) is 0 Å². The summed E-state index contributed by atoms with van der Waals surface area (Å²) in [4.78, 5) is 35.2. The van der Waals surface area contributed by atoms with Crippen LogP contribution in [0.4, 0.5) is 0 Å². The van der Waals surface area contributed by atoms with Gasteiger partial charge >= 0.3 is 11.9 Å². The Morgan fingerprint density at radius 3 is 2.61 bits per heavy atom. The standard InChI is InChI=1S/C26H32O5/c1-15-12-22-20-7-6-18-13-19(29)8-10-25(18,4)21(20)9-11-26(22,5)24(15)23(31-17(3)28)14-30-16(2)27/h8-10,13,15,20,22H,6-7,11-12,14H2,1-5H3/b24-23+/t15-,20-,22+,25+,26+/m1/s1. The zero-order valence-corrected chi connectivity index (χ0v) is 19.1. The highest BCUT2D eigenvalue weighted by Crippen LogP contribution is 2.65. The van der Waals surface area contributed by atoms with Gasteiger partial charge in [-0.3, -0.25) is 14.4 Å². The van der Waals surface area contributed by atoms with Crippen molar-refractivity contribution in [1.82, 2.24) is 0 Å². The van der Waals surface area contributed by atoms with Crippen molar-refractivity contribution in [2.45, 2.75) is 60.3 Å². The minimum absolute atomic E-state index is 0.00636. The molecular weight excluding hydrogens is 392 g/mol. The lowest BCUT2D eigenvalue weighted by molar-refractivity contribution is -0.145. The Balaban J connectivity index is 1.76. The monoisotopic (exact) mass is 424 g/mol. The van der Waals surface area contributed by atoms with Gasteiger partial charge in [-0.15, -0.1) is 0 Å². The van der Waals surface area contributed by atoms with Crippen molar-refractivity contribution in [2.75, 3.05) is 6.61 Å². The van der Waals surface area contributed by atoms with E-state index in [4.69, 9.17) is 9.47 Å². The molecule has 2 saturated carbocycles. The van der Waals surface area contributed by atoms with Gasteiger partial charge in [0.25, 0.3) is 0 Å². The van der Waals surface area contributed by atoms with Crippen LogP contribution in [0.2, 0.25) is 0 Å². The third-order valence-electron chi connectivity index (χ3n) is 8.03. The zero-order chi connectivity index (χ0) is 22.6. The number of hydrogen-bond donors (Lipinski definition) is 0. The van der Waals surface area contributed by atoms with Gasteiger partial charge in [0.2, 0.25) is 0 Å². The summed E-state index contributed by atoms with van der Waals surface area (Å²) >= 11 is 0. The molecular formula is C26H32O5. The van der Waals surface area contributed by atoms with E-state index in [1.807, 2.05) is 6.08 Å². The Kier molecular flexibility index (Phi) is 5.35. The second kappa shape index (κ2) is 7.61. The van der Waals surface area contributed by atoms with Gasteiger partial charge in [-0.2, -0.15) is 0 Å². The van der Waals surface area contributed by atoms with E-state index in [-0.39, 0.29) is 35.1 Å². The molecule has 166 valence electrons. The number of hydrogen-bond acceptors (Lipinski definition) is 5. The fraction of sp³-hybridized carbons (Fsp3) is 0.577. The lowest BCUT2D eigenvalue weighted by Gasteiger charge is -2.51. The molecule has 0 bridgehead atoms. The largest absolute Gasteiger partial charge is 0.458 e. The molecule has 0 radical (unpaired) electrons. The van der Waals surface area contributed by atoms with Crippen LogP contribution in [0.5, 0.6) is 0 Å². The first-order valence-electron chi connectivity index (χ1n) is 11.3. The first kappa shape index (κ1) is 21.8. The van der Waals surface area contributed by atoms with E-state index < -0.39 is 5.97 Å². The summed E-state index contributed by atoms with van der Waals surface area (Å²) in [6.07, 6.45) is 11.8. The number of esters is 2. The molecule has 2 fully saturated rings. The number of rotatable bonds is 3. The van der Waals surface area contributed by atoms with Gasteiger partial charge in [0.05, 0.1) is 0 Å². The number of allylic oxidation sites excluding steroid dienone is 7. The Hall–Kier alpha value is -2.43. The van der Waals surface area contributed by atoms with Crippen molar-refractivity contribution in [2.24, 2.45) is 28.6 Å². The van der Waals surface area contributed by atoms with Crippen LogP contribution in [-0.4, -0.2) is 24.3 Å². The summed E-state index contributed by atoms with van der Waals surface area (Å²) in [5, 5.41) is 0. The lowest BCUT2D eigenvalue weighted by Crippen LogP contribution is -2.42. The topological polar surface area (TPSA) is 69.7 Å². The second-order valence-corrected chi connectivity index (χ2v) is 9.99. The van der Waals surface area contributed by atoms with Crippen molar-refractivity contribution < 1.29 is 23.9 Å². The Labute approximate surface area is 184 Å². The number of ether oxygens (including phenoxy) is 2. The maximum Gasteiger partial charge on any atom is 0.307 e. The first-order valence-corrected chi connectivity index (χ1v) is 11.3. The van der Waals surface area contributed by atoms with Crippen molar-refractivity contribution >= 4 is 17.7 Å². The summed E-state index contributed by atoms with van der Waals surface area (Å²) in [6, 6.07) is 0. The van der Waals surface area contributed by atoms with Gasteiger partial charge in [0.15, 0.2) is 5.78 Å². The Morgan fingerprint density at radius 1 is 1.19 bits per heavy atom. The van der Waals surface area contributed by atoms with Crippen LogP contribution < -0.4 is 0 Å². The molecule has 0 unspecified atom stereocenters. The van der Waals surface area contributed by atoms with Crippen LogP contribution in [0.3, 0.4) is 0 Å². The van der Waals surface area contributed by atoms with Crippen LogP contribution in [-0.2, 0) is 23.9 Å². The van der Waals surface area contributed by atoms with E-state index >= 15 is 0 Å². The smallest absolute Gasteiger partial charge is 0.307 e. The first-order chi connectivity index (χ1) is 14.6. The summed E-state index contributed by atoms with van der Waals surface area (Å²) < 4.78 is 10.9. The Morgan fingerprint density at radius 2 is 1.94 bits per heavy atom. The summed E-state index contributed by atoms with van der Waals surface area (Å²) in [5.74, 6) is 0.891. The van der Waals surface area contributed by atoms with E-state index in [1.54, 1.807) is 6.08 Å². The number of fused-ring (bicyclic) bond motifs is 5. The van der Waals surface area contributed by atoms with E-state index in [9.17, 15) is 14.4 Å². The normalized spacial score (nSPS) is 37.7. The molecule has 0 saturated heterocycles. The molecule has 0 aromatic heterocycles. The lowest BCUT2D eigenvalue weighted by atomic mass is 9.53. The molecule has 0 aliphatic heterocycles. The van der Waals surface area contributed by atoms with Crippen LogP contribution in [0, 0.1) is 28.6 Å². The molecule has 5 atom stereocenters. The van der Waals surface area contributed by atoms with Crippen molar-refractivity contribution in [3.63, 3.8) is 0 Å². The molecule has 4 aliphatic carbocycles. The van der Waals surface area contributed by atoms with E-state index in [2.05, 4.69) is 32.9 Å². The molecule has 4 aliphatic rings. The average Bonchev–Trinajstić information content (AvgIpc) is 2.95. The molecule has 0 N–H and O–H groups in total. The number of carbonyl (C=O) groups is 3. The molecule has 5 heteroatoms. The fourth-order valence-electron chi connectivity index (χ4n) is 6.78. The van der Waals surface area contributed by atoms with Crippen molar-refractivity contribution in [3.8, 4) is 0 Å². The highest BCUT2D eigenvalue weighted by atomic mass is 16.6. The molecule has 0 heterocycles. The van der Waals surface area contributed by atoms with Crippen LogP contribution in [0.1, 0.15) is 60.3 Å². The van der Waals surface area contributed by atoms with Crippen LogP contribution in [0.25, 0.3) is 0 Å². The maximum atomic E-state index is 11.9. The number of carbonyl (C=O) groups excluding carboxylic acids is 3. The summed E-state index contributed by atoms with van der Waals surface area (Å²) in [5.41, 5.74) is 3.45. The second-order valence-electron chi connectivity index (χ2n) is 9.99. The third-order valence-corrected chi connectivity index (χ3v) is 8.03. The van der Waals surface area contributed by atoms with E-state index in [0.717, 1.165) is 31.3 Å². The Bertz CT molecular complexity index is 964. The van der Waals surface area contributed by atoms with Gasteiger partial charge < -0.3 is 9.47 Å². The quantitative estimate of drug-likeness (QED) is 0.368. The fourth-order valence-corrected chi connectivity index (χ4v) is 6.78. The minimum Gasteiger partial charge on any atom is -0.458 e. The van der Waals surface area contributed by atoms with E-state index in [1.165, 1.54) is 25.0 Å². The average molecular weight is 425 g/mol. The van der Waals surface area contributed by atoms with Gasteiger partial charge in [-0.1, -0.05) is 37.1 Å². The molecule has 4 rings (SSSR count). The SMILES string of the molecule is CC(=O)OC/C(OC(C)=O)=C1/[C@H](C)C[C@H]2[C@@H]3CCC4=CC(=O)C=C[C@]4(C)C3=CC[C@]12C. The molecule has 0 aromatic carbocycles. The highest BCUT2D eigenvalue weighted by Gasteiger charge is 2.56. The molecule has 5 nitrogen and oxygen atoms in total. The third kappa shape index (κ3) is 3.52. The van der Waals surface area contributed by atoms with Gasteiger partial charge in [0.1, 0.15) is 12.4 Å². The van der Waals surface area contributed by atoms with Crippen LogP contribution in [0.15, 0.2) is 46.8 Å². The molecule has 0 spiro atoms. The minimum atomic E-state index is -0.391. The van der Waals surface area contributed by atoms with Gasteiger partial charge in [-0.05, 0) is 73.5 Å².